The molecule has 156 valence electrons. The quantitative estimate of drug-likeness (QED) is 0.225. The van der Waals surface area contributed by atoms with E-state index >= 15 is 0 Å². The topological polar surface area (TPSA) is 138 Å². The number of hydrogen-bond acceptors (Lipinski definition) is 6. The molecule has 0 aromatic carbocycles. The van der Waals surface area contributed by atoms with Crippen molar-refractivity contribution < 1.29 is 23.9 Å². The molecule has 2 unspecified atom stereocenters. The van der Waals surface area contributed by atoms with Crippen LogP contribution in [0.15, 0.2) is 0 Å². The van der Waals surface area contributed by atoms with Gasteiger partial charge in [0, 0.05) is 46.2 Å². The van der Waals surface area contributed by atoms with Gasteiger partial charge in [-0.1, -0.05) is 0 Å². The average molecular weight is 387 g/mol. The zero-order valence-corrected chi connectivity index (χ0v) is 16.6. The number of hydrogen-bond donors (Lipinski definition) is 5. The first-order chi connectivity index (χ1) is 12.8. The van der Waals surface area contributed by atoms with Crippen molar-refractivity contribution in [1.29, 1.82) is 0 Å². The number of ether oxygens (including phenoxy) is 1. The van der Waals surface area contributed by atoms with Gasteiger partial charge in [-0.25, -0.2) is 0 Å². The van der Waals surface area contributed by atoms with Gasteiger partial charge < -0.3 is 31.3 Å². The first-order valence-corrected chi connectivity index (χ1v) is 9.09. The van der Waals surface area contributed by atoms with Crippen LogP contribution in [0.5, 0.6) is 0 Å². The molecule has 0 spiro atoms. The van der Waals surface area contributed by atoms with Crippen molar-refractivity contribution >= 4 is 23.6 Å². The molecule has 0 radical (unpaired) electrons. The number of rotatable bonds is 14. The van der Waals surface area contributed by atoms with E-state index in [9.17, 15) is 19.2 Å². The molecule has 10 nitrogen and oxygen atoms in total. The van der Waals surface area contributed by atoms with Crippen molar-refractivity contribution in [3.05, 3.63) is 0 Å². The van der Waals surface area contributed by atoms with Crippen LogP contribution in [0.3, 0.4) is 0 Å². The van der Waals surface area contributed by atoms with E-state index in [0.29, 0.717) is 32.7 Å². The summed E-state index contributed by atoms with van der Waals surface area (Å²) in [7, 11) is 3.35. The van der Waals surface area contributed by atoms with Crippen molar-refractivity contribution in [3.63, 3.8) is 0 Å². The summed E-state index contributed by atoms with van der Waals surface area (Å²) in [6.07, 6.45) is 0.720. The van der Waals surface area contributed by atoms with Gasteiger partial charge in [0.1, 0.15) is 12.1 Å². The Kier molecular flexibility index (Phi) is 13.7. The molecule has 4 amide bonds. The van der Waals surface area contributed by atoms with Gasteiger partial charge in [-0.2, -0.15) is 0 Å². The highest BCUT2D eigenvalue weighted by Gasteiger charge is 2.20. The molecule has 0 heterocycles. The van der Waals surface area contributed by atoms with Crippen LogP contribution in [-0.2, 0) is 23.9 Å². The number of likely N-dealkylation sites (N-methyl/N-ethyl adjacent to an activating group) is 1. The molecule has 0 saturated carbocycles. The second-order valence-corrected chi connectivity index (χ2v) is 6.11. The van der Waals surface area contributed by atoms with Gasteiger partial charge in [0.2, 0.25) is 23.6 Å². The molecule has 0 aliphatic heterocycles. The number of carbonyl (C=O) groups is 4. The van der Waals surface area contributed by atoms with Gasteiger partial charge in [-0.05, 0) is 27.3 Å². The molecule has 0 bridgehead atoms. The first kappa shape index (κ1) is 24.8. The average Bonchev–Trinajstić information content (AvgIpc) is 2.63. The lowest BCUT2D eigenvalue weighted by Gasteiger charge is -2.18. The third-order valence-electron chi connectivity index (χ3n) is 3.62. The van der Waals surface area contributed by atoms with E-state index in [1.807, 2.05) is 0 Å². The standard InChI is InChI=1S/C17H33N5O5/c1-12(16(25)20-10-9-18-3)22-17(26)13(2)21-15(24)7-6-14(23)19-8-5-11-27-4/h12-13,18H,5-11H2,1-4H3,(H,19,23)(H,20,25)(H,21,24)(H,22,26). The summed E-state index contributed by atoms with van der Waals surface area (Å²) in [5.41, 5.74) is 0. The summed E-state index contributed by atoms with van der Waals surface area (Å²) in [6, 6.07) is -1.53. The Bertz CT molecular complexity index is 486. The molecule has 0 rings (SSSR count). The monoisotopic (exact) mass is 387 g/mol. The lowest BCUT2D eigenvalue weighted by atomic mass is 10.2. The molecule has 27 heavy (non-hydrogen) atoms. The highest BCUT2D eigenvalue weighted by molar-refractivity contribution is 5.92. The van der Waals surface area contributed by atoms with Gasteiger partial charge in [-0.15, -0.1) is 0 Å². The van der Waals surface area contributed by atoms with Crippen molar-refractivity contribution in [2.45, 2.75) is 45.2 Å². The van der Waals surface area contributed by atoms with Crippen LogP contribution in [0.2, 0.25) is 0 Å². The van der Waals surface area contributed by atoms with Crippen LogP contribution in [-0.4, -0.2) is 76.1 Å². The molecule has 0 aromatic heterocycles. The van der Waals surface area contributed by atoms with E-state index in [2.05, 4.69) is 26.6 Å². The van der Waals surface area contributed by atoms with Gasteiger partial charge in [0.25, 0.3) is 0 Å². The van der Waals surface area contributed by atoms with Gasteiger partial charge in [0.05, 0.1) is 0 Å². The van der Waals surface area contributed by atoms with Gasteiger partial charge >= 0.3 is 0 Å². The summed E-state index contributed by atoms with van der Waals surface area (Å²) in [4.78, 5) is 47.3. The fourth-order valence-corrected chi connectivity index (χ4v) is 2.01. The first-order valence-electron chi connectivity index (χ1n) is 9.09. The minimum absolute atomic E-state index is 0.0201. The Morgan fingerprint density at radius 1 is 0.815 bits per heavy atom. The summed E-state index contributed by atoms with van der Waals surface area (Å²) in [5, 5.41) is 13.3. The molecule has 0 saturated heterocycles. The Morgan fingerprint density at radius 2 is 1.44 bits per heavy atom. The van der Waals surface area contributed by atoms with Gasteiger partial charge in [-0.3, -0.25) is 19.2 Å². The van der Waals surface area contributed by atoms with E-state index in [1.54, 1.807) is 21.1 Å². The molecule has 5 N–H and O–H groups in total. The number of methoxy groups -OCH3 is 1. The van der Waals surface area contributed by atoms with E-state index in [4.69, 9.17) is 4.74 Å². The largest absolute Gasteiger partial charge is 0.385 e. The van der Waals surface area contributed by atoms with Crippen molar-refractivity contribution in [1.82, 2.24) is 26.6 Å². The molecule has 0 aromatic rings. The molecular formula is C17H33N5O5. The summed E-state index contributed by atoms with van der Waals surface area (Å²) in [6.45, 7) is 5.20. The highest BCUT2D eigenvalue weighted by Crippen LogP contribution is 1.93. The Morgan fingerprint density at radius 3 is 2.07 bits per heavy atom. The Balaban J connectivity index is 4.07. The zero-order valence-electron chi connectivity index (χ0n) is 16.6. The van der Waals surface area contributed by atoms with E-state index < -0.39 is 23.9 Å². The van der Waals surface area contributed by atoms with Crippen LogP contribution < -0.4 is 26.6 Å². The van der Waals surface area contributed by atoms with Crippen molar-refractivity contribution in [3.8, 4) is 0 Å². The van der Waals surface area contributed by atoms with Gasteiger partial charge in [0.15, 0.2) is 0 Å². The van der Waals surface area contributed by atoms with Crippen LogP contribution >= 0.6 is 0 Å². The Hall–Kier alpha value is -2.20. The fraction of sp³-hybridized carbons (Fsp3) is 0.765. The molecule has 10 heteroatoms. The van der Waals surface area contributed by atoms with E-state index in [-0.39, 0.29) is 24.7 Å². The molecule has 0 fully saturated rings. The second-order valence-electron chi connectivity index (χ2n) is 6.11. The lowest BCUT2D eigenvalue weighted by Crippen LogP contribution is -2.52. The van der Waals surface area contributed by atoms with Crippen LogP contribution in [0, 0.1) is 0 Å². The number of carbonyl (C=O) groups excluding carboxylic acids is 4. The second kappa shape index (κ2) is 14.9. The summed E-state index contributed by atoms with van der Waals surface area (Å²) >= 11 is 0. The predicted octanol–water partition coefficient (Wildman–Crippen LogP) is -1.74. The smallest absolute Gasteiger partial charge is 0.242 e. The van der Waals surface area contributed by atoms with Crippen LogP contribution in [0.4, 0.5) is 0 Å². The predicted molar refractivity (Wildman–Crippen MR) is 101 cm³/mol. The highest BCUT2D eigenvalue weighted by atomic mass is 16.5. The normalized spacial score (nSPS) is 12.6. The fourth-order valence-electron chi connectivity index (χ4n) is 2.01. The maximum atomic E-state index is 12.1. The molecule has 2 atom stereocenters. The zero-order chi connectivity index (χ0) is 20.7. The Labute approximate surface area is 160 Å². The minimum Gasteiger partial charge on any atom is -0.385 e. The summed E-state index contributed by atoms with van der Waals surface area (Å²) in [5.74, 6) is -1.41. The van der Waals surface area contributed by atoms with Crippen molar-refractivity contribution in [2.24, 2.45) is 0 Å². The summed E-state index contributed by atoms with van der Waals surface area (Å²) < 4.78 is 4.87. The maximum Gasteiger partial charge on any atom is 0.242 e. The molecule has 0 aliphatic carbocycles. The molecule has 0 aliphatic rings. The van der Waals surface area contributed by atoms with E-state index in [1.165, 1.54) is 6.92 Å². The third kappa shape index (κ3) is 12.7. The number of nitrogens with one attached hydrogen (secondary N) is 5. The van der Waals surface area contributed by atoms with Crippen LogP contribution in [0.25, 0.3) is 0 Å². The minimum atomic E-state index is -0.810. The maximum absolute atomic E-state index is 12.1. The van der Waals surface area contributed by atoms with E-state index in [0.717, 1.165) is 0 Å². The third-order valence-corrected chi connectivity index (χ3v) is 3.62. The molecular weight excluding hydrogens is 354 g/mol. The number of amides is 4. The lowest BCUT2D eigenvalue weighted by molar-refractivity contribution is -0.132. The van der Waals surface area contributed by atoms with Crippen LogP contribution in [0.1, 0.15) is 33.1 Å². The SMILES string of the molecule is CNCCNC(=O)C(C)NC(=O)C(C)NC(=O)CCC(=O)NCCCOC. The van der Waals surface area contributed by atoms with Crippen molar-refractivity contribution in [2.75, 3.05) is 40.4 Å².